The molecule has 0 aliphatic rings. The van der Waals surface area contributed by atoms with E-state index in [1.807, 2.05) is 13.8 Å². The summed E-state index contributed by atoms with van der Waals surface area (Å²) >= 11 is 0. The van der Waals surface area contributed by atoms with Crippen LogP contribution in [0.1, 0.15) is 85.0 Å². The van der Waals surface area contributed by atoms with Gasteiger partial charge in [0.25, 0.3) is 0 Å². The van der Waals surface area contributed by atoms with Gasteiger partial charge in [-0.2, -0.15) is 0 Å². The molecule has 0 spiro atoms. The van der Waals surface area contributed by atoms with E-state index in [2.05, 4.69) is 6.92 Å². The third kappa shape index (κ3) is 16.1. The van der Waals surface area contributed by atoms with Crippen molar-refractivity contribution in [3.63, 3.8) is 0 Å². The quantitative estimate of drug-likeness (QED) is 0.269. The molecule has 3 nitrogen and oxygen atoms in total. The molecule has 0 saturated carbocycles. The molecule has 21 heavy (non-hydrogen) atoms. The molecule has 0 amide bonds. The maximum absolute atomic E-state index is 5.71. The molecule has 0 heterocycles. The normalized spacial score (nSPS) is 12.7. The minimum Gasteiger partial charge on any atom is -0.376 e. The van der Waals surface area contributed by atoms with Crippen LogP contribution in [0.4, 0.5) is 0 Å². The molecule has 0 aromatic rings. The minimum atomic E-state index is -0.187. The first-order valence-corrected chi connectivity index (χ1v) is 9.16. The number of hydrogen-bond donors (Lipinski definition) is 0. The van der Waals surface area contributed by atoms with Gasteiger partial charge in [0.1, 0.15) is 0 Å². The van der Waals surface area contributed by atoms with Gasteiger partial charge in [0.2, 0.25) is 0 Å². The van der Waals surface area contributed by atoms with E-state index in [-0.39, 0.29) is 6.29 Å². The monoisotopic (exact) mass is 302 g/mol. The molecule has 1 unspecified atom stereocenters. The molecule has 0 radical (unpaired) electrons. The number of ether oxygens (including phenoxy) is 3. The lowest BCUT2D eigenvalue weighted by atomic mass is 10.1. The molecule has 0 aliphatic heterocycles. The first-order chi connectivity index (χ1) is 10.3. The van der Waals surface area contributed by atoms with Crippen molar-refractivity contribution in [2.75, 3.05) is 26.4 Å². The summed E-state index contributed by atoms with van der Waals surface area (Å²) in [6.45, 7) is 8.97. The molecular formula is C18H38O3. The Morgan fingerprint density at radius 1 is 0.619 bits per heavy atom. The minimum absolute atomic E-state index is 0.187. The van der Waals surface area contributed by atoms with E-state index in [0.717, 1.165) is 13.0 Å². The molecule has 128 valence electrons. The van der Waals surface area contributed by atoms with E-state index in [9.17, 15) is 0 Å². The molecule has 1 atom stereocenters. The van der Waals surface area contributed by atoms with Gasteiger partial charge in [-0.3, -0.25) is 0 Å². The molecule has 0 bridgehead atoms. The van der Waals surface area contributed by atoms with E-state index in [1.54, 1.807) is 0 Å². The Hall–Kier alpha value is -0.120. The van der Waals surface area contributed by atoms with Crippen LogP contribution in [-0.2, 0) is 14.2 Å². The zero-order valence-corrected chi connectivity index (χ0v) is 14.7. The van der Waals surface area contributed by atoms with Crippen molar-refractivity contribution < 1.29 is 14.2 Å². The van der Waals surface area contributed by atoms with Gasteiger partial charge < -0.3 is 14.2 Å². The Morgan fingerprint density at radius 2 is 1.19 bits per heavy atom. The third-order valence-corrected chi connectivity index (χ3v) is 3.61. The van der Waals surface area contributed by atoms with Gasteiger partial charge >= 0.3 is 0 Å². The lowest BCUT2D eigenvalue weighted by Crippen LogP contribution is -2.24. The van der Waals surface area contributed by atoms with Crippen molar-refractivity contribution in [3.05, 3.63) is 0 Å². The zero-order valence-electron chi connectivity index (χ0n) is 14.7. The second-order valence-electron chi connectivity index (χ2n) is 5.60. The number of rotatable bonds is 17. The summed E-state index contributed by atoms with van der Waals surface area (Å²) in [5, 5.41) is 0. The second-order valence-corrected chi connectivity index (χ2v) is 5.60. The highest BCUT2D eigenvalue weighted by molar-refractivity contribution is 4.48. The van der Waals surface area contributed by atoms with Crippen molar-refractivity contribution >= 4 is 0 Å². The molecule has 0 rings (SSSR count). The fraction of sp³-hybridized carbons (Fsp3) is 1.00. The van der Waals surface area contributed by atoms with E-state index < -0.39 is 0 Å². The molecular weight excluding hydrogens is 264 g/mol. The van der Waals surface area contributed by atoms with Gasteiger partial charge in [0.15, 0.2) is 6.29 Å². The number of hydrogen-bond acceptors (Lipinski definition) is 3. The summed E-state index contributed by atoms with van der Waals surface area (Å²) in [6.07, 6.45) is 13.3. The summed E-state index contributed by atoms with van der Waals surface area (Å²) in [7, 11) is 0. The van der Waals surface area contributed by atoms with Gasteiger partial charge in [-0.25, -0.2) is 0 Å². The highest BCUT2D eigenvalue weighted by atomic mass is 16.7. The van der Waals surface area contributed by atoms with Crippen LogP contribution in [0.5, 0.6) is 0 Å². The van der Waals surface area contributed by atoms with Crippen molar-refractivity contribution in [2.45, 2.75) is 91.3 Å². The predicted octanol–water partition coefficient (Wildman–Crippen LogP) is 5.32. The lowest BCUT2D eigenvalue weighted by Gasteiger charge is -2.17. The average Bonchev–Trinajstić information content (AvgIpc) is 2.50. The van der Waals surface area contributed by atoms with Crippen LogP contribution in [0.15, 0.2) is 0 Å². The summed E-state index contributed by atoms with van der Waals surface area (Å²) < 4.78 is 16.5. The first-order valence-electron chi connectivity index (χ1n) is 9.16. The van der Waals surface area contributed by atoms with Crippen molar-refractivity contribution in [1.82, 2.24) is 0 Å². The van der Waals surface area contributed by atoms with Crippen LogP contribution < -0.4 is 0 Å². The summed E-state index contributed by atoms with van der Waals surface area (Å²) in [5.74, 6) is 0. The van der Waals surface area contributed by atoms with Crippen molar-refractivity contribution in [2.24, 2.45) is 0 Å². The maximum atomic E-state index is 5.71. The van der Waals surface area contributed by atoms with Crippen LogP contribution in [-0.4, -0.2) is 32.7 Å². The lowest BCUT2D eigenvalue weighted by molar-refractivity contribution is -0.169. The molecule has 0 aromatic carbocycles. The zero-order chi connectivity index (χ0) is 15.6. The van der Waals surface area contributed by atoms with Crippen LogP contribution in [0, 0.1) is 0 Å². The first kappa shape index (κ1) is 20.9. The maximum Gasteiger partial charge on any atom is 0.180 e. The highest BCUT2D eigenvalue weighted by Gasteiger charge is 2.07. The van der Waals surface area contributed by atoms with Gasteiger partial charge in [-0.15, -0.1) is 0 Å². The van der Waals surface area contributed by atoms with E-state index in [0.29, 0.717) is 19.8 Å². The average molecular weight is 302 g/mol. The summed E-state index contributed by atoms with van der Waals surface area (Å²) in [4.78, 5) is 0. The van der Waals surface area contributed by atoms with Crippen LogP contribution in [0.2, 0.25) is 0 Å². The largest absolute Gasteiger partial charge is 0.376 e. The Morgan fingerprint density at radius 3 is 1.71 bits per heavy atom. The fourth-order valence-electron chi connectivity index (χ4n) is 2.35. The molecule has 0 fully saturated rings. The van der Waals surface area contributed by atoms with Crippen molar-refractivity contribution in [1.29, 1.82) is 0 Å². The number of unbranched alkanes of at least 4 members (excludes halogenated alkanes) is 9. The SMILES string of the molecule is CCCCCCCCCCCCOC(COCC)OCC. The van der Waals surface area contributed by atoms with Gasteiger partial charge in [0.05, 0.1) is 6.61 Å². The molecule has 3 heteroatoms. The summed E-state index contributed by atoms with van der Waals surface area (Å²) in [5.41, 5.74) is 0. The topological polar surface area (TPSA) is 27.7 Å². The smallest absolute Gasteiger partial charge is 0.180 e. The van der Waals surface area contributed by atoms with Gasteiger partial charge in [0, 0.05) is 19.8 Å². The van der Waals surface area contributed by atoms with Crippen LogP contribution in [0.25, 0.3) is 0 Å². The van der Waals surface area contributed by atoms with Crippen LogP contribution in [0.3, 0.4) is 0 Å². The van der Waals surface area contributed by atoms with Gasteiger partial charge in [-0.1, -0.05) is 64.7 Å². The Bertz CT molecular complexity index is 185. The summed E-state index contributed by atoms with van der Waals surface area (Å²) in [6, 6.07) is 0. The standard InChI is InChI=1S/C18H38O3/c1-4-7-8-9-10-11-12-13-14-15-16-21-18(20-6-3)17-19-5-2/h18H,4-17H2,1-3H3. The fourth-order valence-corrected chi connectivity index (χ4v) is 2.35. The molecule has 0 saturated heterocycles. The van der Waals surface area contributed by atoms with E-state index in [4.69, 9.17) is 14.2 Å². The Labute approximate surface area is 132 Å². The Balaban J connectivity index is 3.25. The molecule has 0 N–H and O–H groups in total. The third-order valence-electron chi connectivity index (χ3n) is 3.61. The predicted molar refractivity (Wildman–Crippen MR) is 89.7 cm³/mol. The van der Waals surface area contributed by atoms with E-state index in [1.165, 1.54) is 57.8 Å². The Kier molecular flexibility index (Phi) is 17.8. The van der Waals surface area contributed by atoms with Crippen LogP contribution >= 0.6 is 0 Å². The molecule has 0 aliphatic carbocycles. The van der Waals surface area contributed by atoms with Crippen molar-refractivity contribution in [3.8, 4) is 0 Å². The highest BCUT2D eigenvalue weighted by Crippen LogP contribution is 2.10. The molecule has 0 aromatic heterocycles. The van der Waals surface area contributed by atoms with E-state index >= 15 is 0 Å². The second kappa shape index (κ2) is 17.9. The van der Waals surface area contributed by atoms with Gasteiger partial charge in [-0.05, 0) is 20.3 Å².